The summed E-state index contributed by atoms with van der Waals surface area (Å²) in [4.78, 5) is 12.3. The topological polar surface area (TPSA) is 50.4 Å². The van der Waals surface area contributed by atoms with Crippen molar-refractivity contribution >= 4 is 24.0 Å². The number of ether oxygens (including phenoxy) is 1. The second-order valence-corrected chi connectivity index (χ2v) is 5.90. The van der Waals surface area contributed by atoms with Crippen LogP contribution < -0.4 is 15.4 Å². The molecule has 3 rings (SSSR count). The van der Waals surface area contributed by atoms with Crippen molar-refractivity contribution in [2.24, 2.45) is 11.3 Å². The van der Waals surface area contributed by atoms with Gasteiger partial charge >= 0.3 is 6.36 Å². The van der Waals surface area contributed by atoms with E-state index in [0.29, 0.717) is 0 Å². The number of hydrogen-bond acceptors (Lipinski definition) is 3. The molecule has 0 radical (unpaired) electrons. The molecule has 1 aromatic rings. The summed E-state index contributed by atoms with van der Waals surface area (Å²) < 4.78 is 41.1. The predicted molar refractivity (Wildman–Crippen MR) is 81.6 cm³/mol. The van der Waals surface area contributed by atoms with Gasteiger partial charge in [0.25, 0.3) is 0 Å². The molecule has 1 unspecified atom stereocenters. The van der Waals surface area contributed by atoms with Gasteiger partial charge in [0.15, 0.2) is 5.75 Å². The van der Waals surface area contributed by atoms with E-state index < -0.39 is 6.36 Å². The molecule has 1 saturated carbocycles. The molecule has 1 amide bonds. The first-order chi connectivity index (χ1) is 10.4. The van der Waals surface area contributed by atoms with Crippen LogP contribution in [0.3, 0.4) is 0 Å². The Hall–Kier alpha value is -1.47. The second kappa shape index (κ2) is 6.57. The van der Waals surface area contributed by atoms with Gasteiger partial charge in [-0.05, 0) is 49.9 Å². The predicted octanol–water partition coefficient (Wildman–Crippen LogP) is 3.34. The smallest absolute Gasteiger partial charge is 0.404 e. The molecule has 0 bridgehead atoms. The molecule has 4 nitrogen and oxygen atoms in total. The van der Waals surface area contributed by atoms with Crippen molar-refractivity contribution in [2.45, 2.75) is 25.6 Å². The van der Waals surface area contributed by atoms with Gasteiger partial charge < -0.3 is 15.4 Å². The van der Waals surface area contributed by atoms with Crippen LogP contribution in [0.5, 0.6) is 5.75 Å². The molecule has 2 fully saturated rings. The molecule has 1 aliphatic heterocycles. The lowest BCUT2D eigenvalue weighted by atomic mass is 9.92. The van der Waals surface area contributed by atoms with Crippen LogP contribution >= 0.6 is 12.4 Å². The number of halogens is 4. The highest BCUT2D eigenvalue weighted by atomic mass is 35.5. The molecule has 1 heterocycles. The molecule has 1 saturated heterocycles. The number of piperidine rings is 1. The molecule has 23 heavy (non-hydrogen) atoms. The Morgan fingerprint density at radius 2 is 1.91 bits per heavy atom. The number of hydrogen-bond donors (Lipinski definition) is 2. The molecule has 1 aliphatic carbocycles. The maximum absolute atomic E-state index is 12.4. The van der Waals surface area contributed by atoms with E-state index in [1.807, 2.05) is 0 Å². The van der Waals surface area contributed by atoms with E-state index in [0.717, 1.165) is 32.4 Å². The number of nitrogens with one attached hydrogen (secondary N) is 2. The first-order valence-corrected chi connectivity index (χ1v) is 7.26. The summed E-state index contributed by atoms with van der Waals surface area (Å²) in [7, 11) is 0. The maximum atomic E-state index is 12.4. The van der Waals surface area contributed by atoms with E-state index in [-0.39, 0.29) is 41.1 Å². The minimum absolute atomic E-state index is 0. The van der Waals surface area contributed by atoms with Gasteiger partial charge in [0, 0.05) is 5.92 Å². The van der Waals surface area contributed by atoms with Gasteiger partial charge in [0.2, 0.25) is 5.91 Å². The fourth-order valence-corrected chi connectivity index (χ4v) is 3.20. The van der Waals surface area contributed by atoms with E-state index in [1.165, 1.54) is 18.2 Å². The molecule has 8 heteroatoms. The van der Waals surface area contributed by atoms with Crippen molar-refractivity contribution in [2.75, 3.05) is 18.4 Å². The van der Waals surface area contributed by atoms with Gasteiger partial charge in [-0.15, -0.1) is 25.6 Å². The Morgan fingerprint density at radius 3 is 2.57 bits per heavy atom. The van der Waals surface area contributed by atoms with Gasteiger partial charge in [-0.3, -0.25) is 4.79 Å². The number of alkyl halides is 3. The Labute approximate surface area is 138 Å². The van der Waals surface area contributed by atoms with Crippen LogP contribution in [0.4, 0.5) is 18.9 Å². The minimum Gasteiger partial charge on any atom is -0.404 e. The standard InChI is InChI=1S/C15H17F3N2O2.ClH/c16-15(17,18)22-12-4-2-1-3-11(12)20-13(21)10-9-14(10)5-7-19-8-6-14;/h1-4,10,19H,5-9H2,(H,20,21);1H. The maximum Gasteiger partial charge on any atom is 0.573 e. The number of amides is 1. The number of para-hydroxylation sites is 2. The van der Waals surface area contributed by atoms with E-state index in [4.69, 9.17) is 0 Å². The van der Waals surface area contributed by atoms with Crippen molar-refractivity contribution in [3.63, 3.8) is 0 Å². The first kappa shape index (κ1) is 17.9. The SMILES string of the molecule is Cl.O=C(Nc1ccccc1OC(F)(F)F)C1CC12CCNCC2. The number of benzene rings is 1. The van der Waals surface area contributed by atoms with Crippen LogP contribution in [-0.2, 0) is 4.79 Å². The van der Waals surface area contributed by atoms with Crippen LogP contribution in [-0.4, -0.2) is 25.4 Å². The second-order valence-electron chi connectivity index (χ2n) is 5.90. The molecule has 1 atom stereocenters. The third-order valence-corrected chi connectivity index (χ3v) is 4.48. The summed E-state index contributed by atoms with van der Waals surface area (Å²) in [6, 6.07) is 5.60. The summed E-state index contributed by atoms with van der Waals surface area (Å²) in [5.74, 6) is -0.725. The molecule has 2 aliphatic rings. The minimum atomic E-state index is -4.78. The molecular formula is C15H18ClF3N2O2. The van der Waals surface area contributed by atoms with Gasteiger partial charge in [-0.2, -0.15) is 0 Å². The number of carbonyl (C=O) groups excluding carboxylic acids is 1. The number of anilines is 1. The lowest BCUT2D eigenvalue weighted by molar-refractivity contribution is -0.274. The molecule has 128 valence electrons. The highest BCUT2D eigenvalue weighted by molar-refractivity contribution is 5.96. The average molecular weight is 351 g/mol. The van der Waals surface area contributed by atoms with Crippen molar-refractivity contribution in [3.05, 3.63) is 24.3 Å². The van der Waals surface area contributed by atoms with Gasteiger partial charge in [0.1, 0.15) is 0 Å². The van der Waals surface area contributed by atoms with Crippen molar-refractivity contribution in [1.82, 2.24) is 5.32 Å². The van der Waals surface area contributed by atoms with Crippen molar-refractivity contribution < 1.29 is 22.7 Å². The summed E-state index contributed by atoms with van der Waals surface area (Å²) in [5.41, 5.74) is 0.0932. The Bertz CT molecular complexity index is 574. The van der Waals surface area contributed by atoms with Crippen LogP contribution in [0.2, 0.25) is 0 Å². The van der Waals surface area contributed by atoms with Crippen LogP contribution in [0, 0.1) is 11.3 Å². The van der Waals surface area contributed by atoms with E-state index in [1.54, 1.807) is 6.07 Å². The summed E-state index contributed by atoms with van der Waals surface area (Å²) in [5, 5.41) is 5.83. The third kappa shape index (κ3) is 4.09. The van der Waals surface area contributed by atoms with Crippen LogP contribution in [0.15, 0.2) is 24.3 Å². The number of rotatable bonds is 3. The molecular weight excluding hydrogens is 333 g/mol. The molecule has 2 N–H and O–H groups in total. The van der Waals surface area contributed by atoms with Gasteiger partial charge in [0.05, 0.1) is 5.69 Å². The lowest BCUT2D eigenvalue weighted by Gasteiger charge is -2.23. The lowest BCUT2D eigenvalue weighted by Crippen LogP contribution is -2.31. The molecule has 1 spiro atoms. The highest BCUT2D eigenvalue weighted by Crippen LogP contribution is 2.58. The fourth-order valence-electron chi connectivity index (χ4n) is 3.20. The number of carbonyl (C=O) groups is 1. The van der Waals surface area contributed by atoms with Crippen molar-refractivity contribution in [1.29, 1.82) is 0 Å². The van der Waals surface area contributed by atoms with Gasteiger partial charge in [-0.25, -0.2) is 0 Å². The van der Waals surface area contributed by atoms with E-state index in [9.17, 15) is 18.0 Å². The molecule has 1 aromatic carbocycles. The first-order valence-electron chi connectivity index (χ1n) is 7.26. The normalized spacial score (nSPS) is 22.1. The quantitative estimate of drug-likeness (QED) is 0.879. The summed E-state index contributed by atoms with van der Waals surface area (Å²) in [6.07, 6.45) is -2.10. The average Bonchev–Trinajstić information content (AvgIpc) is 3.14. The zero-order valence-electron chi connectivity index (χ0n) is 12.3. The van der Waals surface area contributed by atoms with Crippen molar-refractivity contribution in [3.8, 4) is 5.75 Å². The van der Waals surface area contributed by atoms with E-state index >= 15 is 0 Å². The zero-order valence-corrected chi connectivity index (χ0v) is 13.1. The largest absolute Gasteiger partial charge is 0.573 e. The van der Waals surface area contributed by atoms with Crippen LogP contribution in [0.25, 0.3) is 0 Å². The summed E-state index contributed by atoms with van der Waals surface area (Å²) in [6.45, 7) is 1.77. The monoisotopic (exact) mass is 350 g/mol. The summed E-state index contributed by atoms with van der Waals surface area (Å²) >= 11 is 0. The van der Waals surface area contributed by atoms with E-state index in [2.05, 4.69) is 15.4 Å². The highest BCUT2D eigenvalue weighted by Gasteiger charge is 2.57. The third-order valence-electron chi connectivity index (χ3n) is 4.48. The Morgan fingerprint density at radius 1 is 1.26 bits per heavy atom. The molecule has 0 aromatic heterocycles. The van der Waals surface area contributed by atoms with Crippen LogP contribution in [0.1, 0.15) is 19.3 Å². The fraction of sp³-hybridized carbons (Fsp3) is 0.533. The Balaban J connectivity index is 0.00000192. The van der Waals surface area contributed by atoms with Gasteiger partial charge in [-0.1, -0.05) is 12.1 Å². The Kier molecular flexibility index (Phi) is 5.10. The zero-order chi connectivity index (χ0) is 15.8.